The van der Waals surface area contributed by atoms with Crippen LogP contribution in [0.25, 0.3) is 0 Å². The van der Waals surface area contributed by atoms with Crippen LogP contribution in [0, 0.1) is 12.3 Å². The molecule has 1 aliphatic rings. The number of anilines is 1. The number of aldehydes is 1. The van der Waals surface area contributed by atoms with Gasteiger partial charge in [-0.05, 0) is 48.9 Å². The minimum atomic E-state index is 0.522. The average molecular weight is 245 g/mol. The first-order valence-electron chi connectivity index (χ1n) is 6.89. The lowest BCUT2D eigenvalue weighted by Crippen LogP contribution is -2.38. The third-order valence-corrected chi connectivity index (χ3v) is 4.57. The van der Waals surface area contributed by atoms with Crippen molar-refractivity contribution in [1.82, 2.24) is 0 Å². The molecule has 0 spiro atoms. The van der Waals surface area contributed by atoms with E-state index >= 15 is 0 Å². The molecule has 0 radical (unpaired) electrons. The van der Waals surface area contributed by atoms with E-state index in [1.807, 2.05) is 13.0 Å². The third kappa shape index (κ3) is 2.58. The van der Waals surface area contributed by atoms with Crippen molar-refractivity contribution in [3.63, 3.8) is 0 Å². The first-order chi connectivity index (χ1) is 8.58. The van der Waals surface area contributed by atoms with Crippen LogP contribution in [-0.2, 0) is 0 Å². The monoisotopic (exact) mass is 245 g/mol. The topological polar surface area (TPSA) is 20.3 Å². The molecular weight excluding hydrogens is 222 g/mol. The molecule has 0 aliphatic carbocycles. The molecule has 0 saturated carbocycles. The smallest absolute Gasteiger partial charge is 0.150 e. The number of nitrogens with zero attached hydrogens (tertiary/aromatic N) is 1. The van der Waals surface area contributed by atoms with Gasteiger partial charge >= 0.3 is 0 Å². The minimum absolute atomic E-state index is 0.522. The Morgan fingerprint density at radius 3 is 2.50 bits per heavy atom. The molecule has 0 bridgehead atoms. The molecule has 1 fully saturated rings. The summed E-state index contributed by atoms with van der Waals surface area (Å²) in [7, 11) is 0. The fourth-order valence-electron chi connectivity index (χ4n) is 2.65. The van der Waals surface area contributed by atoms with E-state index in [9.17, 15) is 4.79 Å². The molecule has 0 atom stereocenters. The van der Waals surface area contributed by atoms with Crippen LogP contribution in [0.1, 0.15) is 49.0 Å². The number of carbonyl (C=O) groups is 1. The highest BCUT2D eigenvalue weighted by molar-refractivity contribution is 5.78. The van der Waals surface area contributed by atoms with Gasteiger partial charge in [-0.2, -0.15) is 0 Å². The van der Waals surface area contributed by atoms with Crippen molar-refractivity contribution >= 4 is 12.0 Å². The van der Waals surface area contributed by atoms with Crippen molar-refractivity contribution < 1.29 is 4.79 Å². The summed E-state index contributed by atoms with van der Waals surface area (Å²) in [6.45, 7) is 8.95. The lowest BCUT2D eigenvalue weighted by molar-refractivity contribution is 0.112. The summed E-state index contributed by atoms with van der Waals surface area (Å²) in [5, 5.41) is 0. The Hall–Kier alpha value is -1.31. The number of hydrogen-bond donors (Lipinski definition) is 0. The lowest BCUT2D eigenvalue weighted by atomic mass is 9.78. The van der Waals surface area contributed by atoms with E-state index in [0.29, 0.717) is 5.41 Å². The van der Waals surface area contributed by atoms with Gasteiger partial charge in [-0.25, -0.2) is 0 Å². The van der Waals surface area contributed by atoms with Crippen molar-refractivity contribution in [2.45, 2.75) is 40.0 Å². The molecule has 1 saturated heterocycles. The second kappa shape index (κ2) is 5.13. The largest absolute Gasteiger partial charge is 0.371 e. The van der Waals surface area contributed by atoms with Gasteiger partial charge in [0.15, 0.2) is 0 Å². The average Bonchev–Trinajstić information content (AvgIpc) is 2.39. The van der Waals surface area contributed by atoms with Crippen molar-refractivity contribution in [3.05, 3.63) is 29.3 Å². The highest BCUT2D eigenvalue weighted by atomic mass is 16.1. The maximum absolute atomic E-state index is 10.8. The van der Waals surface area contributed by atoms with Crippen LogP contribution in [0.4, 0.5) is 5.69 Å². The first-order valence-corrected chi connectivity index (χ1v) is 6.89. The molecule has 2 rings (SSSR count). The van der Waals surface area contributed by atoms with Gasteiger partial charge in [-0.3, -0.25) is 4.79 Å². The lowest BCUT2D eigenvalue weighted by Gasteiger charge is -2.40. The van der Waals surface area contributed by atoms with E-state index in [-0.39, 0.29) is 0 Å². The molecule has 2 heteroatoms. The summed E-state index contributed by atoms with van der Waals surface area (Å²) >= 11 is 0. The maximum Gasteiger partial charge on any atom is 0.150 e. The number of benzene rings is 1. The highest BCUT2D eigenvalue weighted by Gasteiger charge is 2.28. The summed E-state index contributed by atoms with van der Waals surface area (Å²) in [6.07, 6.45) is 4.73. The van der Waals surface area contributed by atoms with Gasteiger partial charge in [0, 0.05) is 24.3 Å². The van der Waals surface area contributed by atoms with Crippen LogP contribution < -0.4 is 4.90 Å². The Kier molecular flexibility index (Phi) is 3.74. The van der Waals surface area contributed by atoms with Gasteiger partial charge in [-0.15, -0.1) is 0 Å². The van der Waals surface area contributed by atoms with Gasteiger partial charge in [0.1, 0.15) is 6.29 Å². The number of hydrogen-bond acceptors (Lipinski definition) is 2. The van der Waals surface area contributed by atoms with Crippen LogP contribution in [-0.4, -0.2) is 19.4 Å². The van der Waals surface area contributed by atoms with Gasteiger partial charge in [-0.1, -0.05) is 20.3 Å². The second-order valence-corrected chi connectivity index (χ2v) is 5.81. The summed E-state index contributed by atoms with van der Waals surface area (Å²) in [5.41, 5.74) is 3.66. The molecule has 0 aromatic heterocycles. The molecule has 1 heterocycles. The summed E-state index contributed by atoms with van der Waals surface area (Å²) < 4.78 is 0. The molecule has 0 unspecified atom stereocenters. The molecular formula is C16H23NO. The Bertz CT molecular complexity index is 431. The summed E-state index contributed by atoms with van der Waals surface area (Å²) in [6, 6.07) is 6.15. The Morgan fingerprint density at radius 1 is 1.33 bits per heavy atom. The molecule has 1 aromatic carbocycles. The zero-order chi connectivity index (χ0) is 13.2. The molecule has 18 heavy (non-hydrogen) atoms. The molecule has 1 aliphatic heterocycles. The Balaban J connectivity index is 2.10. The second-order valence-electron chi connectivity index (χ2n) is 5.81. The maximum atomic E-state index is 10.8. The fourth-order valence-corrected chi connectivity index (χ4v) is 2.65. The predicted molar refractivity (Wildman–Crippen MR) is 76.4 cm³/mol. The van der Waals surface area contributed by atoms with E-state index in [0.717, 1.165) is 30.5 Å². The van der Waals surface area contributed by atoms with E-state index in [1.54, 1.807) is 0 Å². The van der Waals surface area contributed by atoms with Crippen LogP contribution in [0.5, 0.6) is 0 Å². The number of aryl methyl sites for hydroxylation is 1. The fraction of sp³-hybridized carbons (Fsp3) is 0.562. The van der Waals surface area contributed by atoms with E-state index < -0.39 is 0 Å². The zero-order valence-corrected chi connectivity index (χ0v) is 11.7. The first kappa shape index (κ1) is 13.1. The molecule has 1 aromatic rings. The van der Waals surface area contributed by atoms with Crippen LogP contribution in [0.15, 0.2) is 18.2 Å². The third-order valence-electron chi connectivity index (χ3n) is 4.57. The normalized spacial score (nSPS) is 18.7. The van der Waals surface area contributed by atoms with E-state index in [2.05, 4.69) is 30.9 Å². The molecule has 0 N–H and O–H groups in total. The summed E-state index contributed by atoms with van der Waals surface area (Å²) in [5.74, 6) is 0. The summed E-state index contributed by atoms with van der Waals surface area (Å²) in [4.78, 5) is 13.3. The van der Waals surface area contributed by atoms with Gasteiger partial charge < -0.3 is 4.90 Å². The van der Waals surface area contributed by atoms with Gasteiger partial charge in [0.25, 0.3) is 0 Å². The van der Waals surface area contributed by atoms with E-state index in [4.69, 9.17) is 0 Å². The minimum Gasteiger partial charge on any atom is -0.371 e. The number of piperidine rings is 1. The van der Waals surface area contributed by atoms with E-state index in [1.165, 1.54) is 24.9 Å². The van der Waals surface area contributed by atoms with Crippen molar-refractivity contribution in [2.75, 3.05) is 18.0 Å². The van der Waals surface area contributed by atoms with Gasteiger partial charge in [0.2, 0.25) is 0 Å². The predicted octanol–water partition coefficient (Wildman–Crippen LogP) is 3.82. The van der Waals surface area contributed by atoms with Crippen molar-refractivity contribution in [2.24, 2.45) is 5.41 Å². The molecule has 2 nitrogen and oxygen atoms in total. The Morgan fingerprint density at radius 2 is 2.00 bits per heavy atom. The standard InChI is InChI=1S/C16H23NO/c1-4-16(3)7-9-17(10-8-16)15-6-5-14(12-18)13(2)11-15/h5-6,11-12H,4,7-10H2,1-3H3. The van der Waals surface area contributed by atoms with Crippen LogP contribution in [0.2, 0.25) is 0 Å². The molecule has 98 valence electrons. The van der Waals surface area contributed by atoms with Crippen LogP contribution >= 0.6 is 0 Å². The highest BCUT2D eigenvalue weighted by Crippen LogP contribution is 2.35. The number of rotatable bonds is 3. The number of carbonyl (C=O) groups excluding carboxylic acids is 1. The van der Waals surface area contributed by atoms with Crippen molar-refractivity contribution in [3.8, 4) is 0 Å². The zero-order valence-electron chi connectivity index (χ0n) is 11.7. The van der Waals surface area contributed by atoms with Crippen molar-refractivity contribution in [1.29, 1.82) is 0 Å². The molecule has 0 amide bonds. The van der Waals surface area contributed by atoms with Gasteiger partial charge in [0.05, 0.1) is 0 Å². The SMILES string of the molecule is CCC1(C)CCN(c2ccc(C=O)c(C)c2)CC1. The Labute approximate surface area is 110 Å². The van der Waals surface area contributed by atoms with Crippen LogP contribution in [0.3, 0.4) is 0 Å². The quantitative estimate of drug-likeness (QED) is 0.754.